The molecular formula is C17H19F3N4O4S. The normalized spacial score (nSPS) is 16.5. The van der Waals surface area contributed by atoms with Gasteiger partial charge in [0.2, 0.25) is 10.0 Å². The SMILES string of the molecule is Cn1cc(S(=O)(=O)N2CCCN(C(=O)c3ccccc3OC(F)(F)F)CC2)cn1. The Morgan fingerprint density at radius 2 is 1.86 bits per heavy atom. The predicted molar refractivity (Wildman–Crippen MR) is 95.6 cm³/mol. The number of benzene rings is 1. The van der Waals surface area contributed by atoms with Crippen LogP contribution in [-0.4, -0.2) is 65.9 Å². The van der Waals surface area contributed by atoms with E-state index in [0.717, 1.165) is 6.07 Å². The molecule has 1 amide bonds. The van der Waals surface area contributed by atoms with Crippen LogP contribution in [0.4, 0.5) is 13.2 Å². The van der Waals surface area contributed by atoms with Gasteiger partial charge in [0.25, 0.3) is 5.91 Å². The lowest BCUT2D eigenvalue weighted by atomic mass is 10.1. The minimum atomic E-state index is -4.93. The molecular weight excluding hydrogens is 413 g/mol. The van der Waals surface area contributed by atoms with Crippen LogP contribution in [0.15, 0.2) is 41.6 Å². The fraction of sp³-hybridized carbons (Fsp3) is 0.412. The number of rotatable bonds is 4. The Kier molecular flexibility index (Phi) is 5.85. The van der Waals surface area contributed by atoms with Crippen molar-refractivity contribution in [1.29, 1.82) is 0 Å². The molecule has 2 aromatic rings. The summed E-state index contributed by atoms with van der Waals surface area (Å²) in [5, 5.41) is 3.86. The zero-order valence-corrected chi connectivity index (χ0v) is 16.3. The molecule has 0 saturated carbocycles. The monoisotopic (exact) mass is 432 g/mol. The Hall–Kier alpha value is -2.60. The van der Waals surface area contributed by atoms with Crippen LogP contribution in [0, 0.1) is 0 Å². The average molecular weight is 432 g/mol. The van der Waals surface area contributed by atoms with E-state index in [2.05, 4.69) is 9.84 Å². The van der Waals surface area contributed by atoms with Crippen molar-refractivity contribution in [3.8, 4) is 5.75 Å². The molecule has 12 heteroatoms. The first-order chi connectivity index (χ1) is 13.6. The summed E-state index contributed by atoms with van der Waals surface area (Å²) in [7, 11) is -2.17. The molecule has 2 heterocycles. The van der Waals surface area contributed by atoms with Crippen molar-refractivity contribution >= 4 is 15.9 Å². The highest BCUT2D eigenvalue weighted by molar-refractivity contribution is 7.89. The summed E-state index contributed by atoms with van der Waals surface area (Å²) in [5.74, 6) is -1.24. The smallest absolute Gasteiger partial charge is 0.405 e. The zero-order chi connectivity index (χ0) is 21.2. The summed E-state index contributed by atoms with van der Waals surface area (Å²) in [5.41, 5.74) is -0.228. The standard InChI is InChI=1S/C17H19F3N4O4S/c1-22-12-13(11-21-22)29(26,27)24-8-4-7-23(9-10-24)16(25)14-5-2-3-6-15(14)28-17(18,19)20/h2-3,5-6,11-12H,4,7-10H2,1H3. The number of para-hydroxylation sites is 1. The molecule has 29 heavy (non-hydrogen) atoms. The highest BCUT2D eigenvalue weighted by Gasteiger charge is 2.34. The number of aromatic nitrogens is 2. The van der Waals surface area contributed by atoms with Gasteiger partial charge in [0.1, 0.15) is 10.6 Å². The Balaban J connectivity index is 1.76. The maximum Gasteiger partial charge on any atom is 0.573 e. The van der Waals surface area contributed by atoms with Gasteiger partial charge >= 0.3 is 6.36 Å². The molecule has 1 saturated heterocycles. The van der Waals surface area contributed by atoms with Gasteiger partial charge in [0, 0.05) is 39.4 Å². The molecule has 3 rings (SSSR count). The number of nitrogens with zero attached hydrogens (tertiary/aromatic N) is 4. The minimum absolute atomic E-state index is 0.0191. The fourth-order valence-electron chi connectivity index (χ4n) is 3.05. The number of aryl methyl sites for hydroxylation is 1. The van der Waals surface area contributed by atoms with E-state index < -0.39 is 28.0 Å². The van der Waals surface area contributed by atoms with E-state index in [0.29, 0.717) is 6.42 Å². The molecule has 0 radical (unpaired) electrons. The van der Waals surface area contributed by atoms with Gasteiger partial charge < -0.3 is 9.64 Å². The number of halogens is 3. The number of hydrogen-bond acceptors (Lipinski definition) is 5. The van der Waals surface area contributed by atoms with E-state index in [1.807, 2.05) is 0 Å². The van der Waals surface area contributed by atoms with Crippen LogP contribution in [0.1, 0.15) is 16.8 Å². The first-order valence-corrected chi connectivity index (χ1v) is 10.1. The lowest BCUT2D eigenvalue weighted by Gasteiger charge is -2.22. The maximum atomic E-state index is 12.8. The molecule has 0 unspecified atom stereocenters. The summed E-state index contributed by atoms with van der Waals surface area (Å²) < 4.78 is 69.9. The van der Waals surface area contributed by atoms with E-state index in [-0.39, 0.29) is 36.6 Å². The predicted octanol–water partition coefficient (Wildman–Crippen LogP) is 1.86. The lowest BCUT2D eigenvalue weighted by Crippen LogP contribution is -2.37. The van der Waals surface area contributed by atoms with E-state index in [1.54, 1.807) is 7.05 Å². The molecule has 1 aromatic heterocycles. The van der Waals surface area contributed by atoms with E-state index >= 15 is 0 Å². The topological polar surface area (TPSA) is 84.7 Å². The van der Waals surface area contributed by atoms with E-state index in [1.165, 1.54) is 44.5 Å². The van der Waals surface area contributed by atoms with Crippen molar-refractivity contribution in [3.63, 3.8) is 0 Å². The average Bonchev–Trinajstić information content (AvgIpc) is 2.93. The largest absolute Gasteiger partial charge is 0.573 e. The molecule has 0 N–H and O–H groups in total. The third-order valence-corrected chi connectivity index (χ3v) is 6.26. The molecule has 0 bridgehead atoms. The third kappa shape index (κ3) is 4.88. The van der Waals surface area contributed by atoms with Gasteiger partial charge in [0.05, 0.1) is 11.8 Å². The second kappa shape index (κ2) is 8.03. The minimum Gasteiger partial charge on any atom is -0.405 e. The second-order valence-electron chi connectivity index (χ2n) is 6.44. The molecule has 1 aliphatic heterocycles. The van der Waals surface area contributed by atoms with E-state index in [9.17, 15) is 26.4 Å². The number of hydrogen-bond donors (Lipinski definition) is 0. The van der Waals surface area contributed by atoms with Gasteiger partial charge in [-0.3, -0.25) is 9.48 Å². The summed E-state index contributed by atoms with van der Waals surface area (Å²) in [6.45, 7) is 0.448. The van der Waals surface area contributed by atoms with Gasteiger partial charge in [-0.25, -0.2) is 8.42 Å². The Morgan fingerprint density at radius 1 is 1.14 bits per heavy atom. The first kappa shape index (κ1) is 21.1. The molecule has 0 spiro atoms. The Morgan fingerprint density at radius 3 is 2.52 bits per heavy atom. The van der Waals surface area contributed by atoms with Gasteiger partial charge in [-0.2, -0.15) is 9.40 Å². The van der Waals surface area contributed by atoms with Crippen LogP contribution in [0.5, 0.6) is 5.75 Å². The molecule has 8 nitrogen and oxygen atoms in total. The number of sulfonamides is 1. The van der Waals surface area contributed by atoms with Crippen LogP contribution in [0.25, 0.3) is 0 Å². The summed E-state index contributed by atoms with van der Waals surface area (Å²) in [6, 6.07) is 5.09. The zero-order valence-electron chi connectivity index (χ0n) is 15.5. The van der Waals surface area contributed by atoms with Gasteiger partial charge in [-0.1, -0.05) is 12.1 Å². The summed E-state index contributed by atoms with van der Waals surface area (Å²) >= 11 is 0. The molecule has 1 fully saturated rings. The summed E-state index contributed by atoms with van der Waals surface area (Å²) in [4.78, 5) is 14.2. The van der Waals surface area contributed by atoms with Gasteiger partial charge in [-0.05, 0) is 18.6 Å². The van der Waals surface area contributed by atoms with Crippen molar-refractivity contribution < 1.29 is 31.1 Å². The number of carbonyl (C=O) groups excluding carboxylic acids is 1. The lowest BCUT2D eigenvalue weighted by molar-refractivity contribution is -0.274. The number of amides is 1. The molecule has 1 aliphatic rings. The van der Waals surface area contributed by atoms with Crippen LogP contribution >= 0.6 is 0 Å². The van der Waals surface area contributed by atoms with Crippen molar-refractivity contribution in [2.45, 2.75) is 17.7 Å². The number of ether oxygens (including phenoxy) is 1. The highest BCUT2D eigenvalue weighted by atomic mass is 32.2. The first-order valence-electron chi connectivity index (χ1n) is 8.71. The molecule has 1 aromatic carbocycles. The van der Waals surface area contributed by atoms with Crippen molar-refractivity contribution in [2.75, 3.05) is 26.2 Å². The van der Waals surface area contributed by atoms with E-state index in [4.69, 9.17) is 0 Å². The van der Waals surface area contributed by atoms with Crippen LogP contribution < -0.4 is 4.74 Å². The van der Waals surface area contributed by atoms with Crippen LogP contribution in [0.3, 0.4) is 0 Å². The number of alkyl halides is 3. The highest BCUT2D eigenvalue weighted by Crippen LogP contribution is 2.27. The Labute approximate surface area is 165 Å². The van der Waals surface area contributed by atoms with Crippen molar-refractivity contribution in [2.24, 2.45) is 7.05 Å². The fourth-order valence-corrected chi connectivity index (χ4v) is 4.50. The third-order valence-electron chi connectivity index (χ3n) is 4.40. The molecule has 0 aliphatic carbocycles. The van der Waals surface area contributed by atoms with Gasteiger partial charge in [0.15, 0.2) is 0 Å². The van der Waals surface area contributed by atoms with Crippen LogP contribution in [-0.2, 0) is 17.1 Å². The summed E-state index contributed by atoms with van der Waals surface area (Å²) in [6.07, 6.45) is -1.96. The molecule has 158 valence electrons. The Bertz CT molecular complexity index is 991. The maximum absolute atomic E-state index is 12.8. The number of carbonyl (C=O) groups is 1. The van der Waals surface area contributed by atoms with Crippen LogP contribution in [0.2, 0.25) is 0 Å². The van der Waals surface area contributed by atoms with Crippen molar-refractivity contribution in [1.82, 2.24) is 19.0 Å². The van der Waals surface area contributed by atoms with Gasteiger partial charge in [-0.15, -0.1) is 13.2 Å². The quantitative estimate of drug-likeness (QED) is 0.736. The second-order valence-corrected chi connectivity index (χ2v) is 8.38. The van der Waals surface area contributed by atoms with Crippen molar-refractivity contribution in [3.05, 3.63) is 42.2 Å². The molecule has 0 atom stereocenters.